The minimum Gasteiger partial charge on any atom is -0.328 e. The maximum atomic E-state index is 5.07. The van der Waals surface area contributed by atoms with Gasteiger partial charge < -0.3 is 8.97 Å². The van der Waals surface area contributed by atoms with E-state index in [4.69, 9.17) is 4.98 Å². The summed E-state index contributed by atoms with van der Waals surface area (Å²) in [5.41, 5.74) is 5.80. The smallest absolute Gasteiger partial charge is 0.136 e. The maximum absolute atomic E-state index is 5.07. The number of imidazole rings is 2. The van der Waals surface area contributed by atoms with Crippen molar-refractivity contribution in [3.63, 3.8) is 0 Å². The minimum absolute atomic E-state index is 0.684. The Labute approximate surface area is 158 Å². The molecule has 1 saturated heterocycles. The normalized spacial score (nSPS) is 20.5. The van der Waals surface area contributed by atoms with Crippen molar-refractivity contribution in [2.75, 3.05) is 13.1 Å². The first kappa shape index (κ1) is 15.4. The first-order valence-corrected chi connectivity index (χ1v) is 10.0. The SMILES string of the molecule is c1cn2cc(-c3ccc4c(c3)nc3n4CCCN4CCCC4C3)ccc2n1. The van der Waals surface area contributed by atoms with E-state index in [0.29, 0.717) is 6.04 Å². The van der Waals surface area contributed by atoms with Crippen molar-refractivity contribution < 1.29 is 0 Å². The van der Waals surface area contributed by atoms with Gasteiger partial charge in [0.2, 0.25) is 0 Å². The molecule has 2 aliphatic heterocycles. The highest BCUT2D eigenvalue weighted by atomic mass is 15.2. The van der Waals surface area contributed by atoms with Crippen molar-refractivity contribution in [1.82, 2.24) is 23.8 Å². The summed E-state index contributed by atoms with van der Waals surface area (Å²) >= 11 is 0. The number of pyridine rings is 1. The van der Waals surface area contributed by atoms with Crippen LogP contribution in [-0.2, 0) is 13.0 Å². The van der Waals surface area contributed by atoms with Crippen molar-refractivity contribution in [3.8, 4) is 11.1 Å². The van der Waals surface area contributed by atoms with Crippen LogP contribution in [0.4, 0.5) is 0 Å². The number of hydrogen-bond acceptors (Lipinski definition) is 3. The van der Waals surface area contributed by atoms with Crippen molar-refractivity contribution >= 4 is 16.7 Å². The van der Waals surface area contributed by atoms with E-state index in [1.54, 1.807) is 0 Å². The molecule has 0 amide bonds. The summed E-state index contributed by atoms with van der Waals surface area (Å²) in [6.45, 7) is 3.58. The summed E-state index contributed by atoms with van der Waals surface area (Å²) in [7, 11) is 0. The summed E-state index contributed by atoms with van der Waals surface area (Å²) in [5.74, 6) is 1.27. The highest BCUT2D eigenvalue weighted by Gasteiger charge is 2.28. The van der Waals surface area contributed by atoms with Crippen LogP contribution in [-0.4, -0.2) is 43.0 Å². The molecule has 5 heteroatoms. The Morgan fingerprint density at radius 2 is 1.89 bits per heavy atom. The highest BCUT2D eigenvalue weighted by Crippen LogP contribution is 2.29. The Kier molecular flexibility index (Phi) is 3.38. The van der Waals surface area contributed by atoms with Crippen LogP contribution in [0.3, 0.4) is 0 Å². The van der Waals surface area contributed by atoms with E-state index in [9.17, 15) is 0 Å². The van der Waals surface area contributed by atoms with Crippen LogP contribution in [0, 0.1) is 0 Å². The number of fused-ring (bicyclic) bond motifs is 5. The molecule has 3 aromatic heterocycles. The Bertz CT molecular complexity index is 1140. The van der Waals surface area contributed by atoms with E-state index in [-0.39, 0.29) is 0 Å². The summed E-state index contributed by atoms with van der Waals surface area (Å²) < 4.78 is 4.54. The molecule has 1 unspecified atom stereocenters. The van der Waals surface area contributed by atoms with Gasteiger partial charge in [0.25, 0.3) is 0 Å². The number of aromatic nitrogens is 4. The molecule has 5 nitrogen and oxygen atoms in total. The number of rotatable bonds is 1. The largest absolute Gasteiger partial charge is 0.328 e. The molecule has 0 bridgehead atoms. The van der Waals surface area contributed by atoms with Gasteiger partial charge >= 0.3 is 0 Å². The van der Waals surface area contributed by atoms with Gasteiger partial charge in [0.15, 0.2) is 0 Å². The van der Waals surface area contributed by atoms with Crippen LogP contribution in [0.25, 0.3) is 27.8 Å². The number of hydrogen-bond donors (Lipinski definition) is 0. The lowest BCUT2D eigenvalue weighted by Gasteiger charge is -2.27. The van der Waals surface area contributed by atoms with Gasteiger partial charge in [0.05, 0.1) is 11.0 Å². The molecule has 2 aliphatic rings. The number of aryl methyl sites for hydroxylation is 1. The average Bonchev–Trinajstić information content (AvgIpc) is 3.39. The summed E-state index contributed by atoms with van der Waals surface area (Å²) in [6, 6.07) is 11.6. The van der Waals surface area contributed by atoms with E-state index in [0.717, 1.165) is 24.1 Å². The van der Waals surface area contributed by atoms with Crippen LogP contribution in [0.5, 0.6) is 0 Å². The molecule has 136 valence electrons. The lowest BCUT2D eigenvalue weighted by atomic mass is 10.1. The first-order chi connectivity index (χ1) is 13.3. The van der Waals surface area contributed by atoms with Crippen LogP contribution < -0.4 is 0 Å². The molecule has 27 heavy (non-hydrogen) atoms. The van der Waals surface area contributed by atoms with Crippen LogP contribution >= 0.6 is 0 Å². The Balaban J connectivity index is 1.43. The molecule has 5 heterocycles. The van der Waals surface area contributed by atoms with E-state index in [2.05, 4.69) is 55.4 Å². The molecule has 1 atom stereocenters. The van der Waals surface area contributed by atoms with Gasteiger partial charge in [-0.05, 0) is 61.2 Å². The third-order valence-corrected chi connectivity index (χ3v) is 6.29. The third-order valence-electron chi connectivity index (χ3n) is 6.29. The predicted octanol–water partition coefficient (Wildman–Crippen LogP) is 3.76. The fourth-order valence-electron chi connectivity index (χ4n) is 4.92. The molecule has 4 aromatic rings. The third kappa shape index (κ3) is 2.49. The molecule has 1 fully saturated rings. The zero-order valence-corrected chi connectivity index (χ0v) is 15.4. The molecular weight excluding hydrogens is 334 g/mol. The quantitative estimate of drug-likeness (QED) is 0.521. The van der Waals surface area contributed by atoms with E-state index >= 15 is 0 Å². The predicted molar refractivity (Wildman–Crippen MR) is 107 cm³/mol. The van der Waals surface area contributed by atoms with Gasteiger partial charge in [-0.15, -0.1) is 0 Å². The van der Waals surface area contributed by atoms with E-state index in [1.165, 1.54) is 54.8 Å². The minimum atomic E-state index is 0.684. The van der Waals surface area contributed by atoms with Gasteiger partial charge in [-0.25, -0.2) is 9.97 Å². The average molecular weight is 357 g/mol. The molecular formula is C22H23N5. The van der Waals surface area contributed by atoms with Crippen LogP contribution in [0.2, 0.25) is 0 Å². The Morgan fingerprint density at radius 1 is 0.963 bits per heavy atom. The number of benzene rings is 1. The molecule has 0 N–H and O–H groups in total. The molecule has 6 rings (SSSR count). The second-order valence-corrected chi connectivity index (χ2v) is 7.88. The lowest BCUT2D eigenvalue weighted by molar-refractivity contribution is 0.231. The van der Waals surface area contributed by atoms with Crippen LogP contribution in [0.1, 0.15) is 25.1 Å². The molecule has 0 aliphatic carbocycles. The summed E-state index contributed by atoms with van der Waals surface area (Å²) in [4.78, 5) is 12.1. The van der Waals surface area contributed by atoms with Gasteiger partial charge in [0.1, 0.15) is 11.5 Å². The standard InChI is InChI=1S/C22H23N5/c1-3-18-14-22-24-19-13-16(17-5-7-21-23-8-12-26(21)15-17)4-6-20(19)27(22)11-2-10-25(18)9-1/h4-8,12-13,15,18H,1-3,9-11,14H2. The number of nitrogens with zero attached hydrogens (tertiary/aromatic N) is 5. The zero-order valence-electron chi connectivity index (χ0n) is 15.4. The Hall–Kier alpha value is -2.66. The highest BCUT2D eigenvalue weighted by molar-refractivity contribution is 5.82. The fourth-order valence-corrected chi connectivity index (χ4v) is 4.92. The lowest BCUT2D eigenvalue weighted by Crippen LogP contribution is -2.35. The Morgan fingerprint density at radius 3 is 2.89 bits per heavy atom. The monoisotopic (exact) mass is 357 g/mol. The second kappa shape index (κ2) is 5.92. The van der Waals surface area contributed by atoms with Crippen molar-refractivity contribution in [2.24, 2.45) is 0 Å². The van der Waals surface area contributed by atoms with Gasteiger partial charge in [-0.3, -0.25) is 4.90 Å². The van der Waals surface area contributed by atoms with Gasteiger partial charge in [0, 0.05) is 44.1 Å². The summed E-state index contributed by atoms with van der Waals surface area (Å²) in [5, 5.41) is 0. The van der Waals surface area contributed by atoms with Crippen molar-refractivity contribution in [2.45, 2.75) is 38.3 Å². The molecule has 0 spiro atoms. The maximum Gasteiger partial charge on any atom is 0.136 e. The second-order valence-electron chi connectivity index (χ2n) is 7.88. The van der Waals surface area contributed by atoms with Gasteiger partial charge in [-0.1, -0.05) is 6.07 Å². The van der Waals surface area contributed by atoms with Crippen molar-refractivity contribution in [3.05, 3.63) is 54.7 Å². The van der Waals surface area contributed by atoms with Crippen LogP contribution in [0.15, 0.2) is 48.9 Å². The molecule has 0 saturated carbocycles. The molecule has 1 aromatic carbocycles. The zero-order chi connectivity index (χ0) is 17.8. The fraction of sp³-hybridized carbons (Fsp3) is 0.364. The van der Waals surface area contributed by atoms with E-state index in [1.807, 2.05) is 12.4 Å². The van der Waals surface area contributed by atoms with Gasteiger partial charge in [-0.2, -0.15) is 0 Å². The first-order valence-electron chi connectivity index (χ1n) is 10.0. The van der Waals surface area contributed by atoms with Crippen molar-refractivity contribution in [1.29, 1.82) is 0 Å². The summed E-state index contributed by atoms with van der Waals surface area (Å²) in [6.07, 6.45) is 10.9. The molecule has 0 radical (unpaired) electrons. The topological polar surface area (TPSA) is 38.4 Å². The van der Waals surface area contributed by atoms with E-state index < -0.39 is 0 Å².